The highest BCUT2D eigenvalue weighted by Crippen LogP contribution is 2.30. The second-order valence-corrected chi connectivity index (χ2v) is 10.0. The summed E-state index contributed by atoms with van der Waals surface area (Å²) in [5.74, 6) is -0.518. The maximum Gasteiger partial charge on any atom is 0.416 e. The van der Waals surface area contributed by atoms with Crippen LogP contribution < -0.4 is 10.0 Å². The Morgan fingerprint density at radius 1 is 1.00 bits per heavy atom. The second-order valence-electron chi connectivity index (χ2n) is 8.33. The van der Waals surface area contributed by atoms with Gasteiger partial charge in [0.25, 0.3) is 0 Å². The van der Waals surface area contributed by atoms with Crippen LogP contribution in [0.2, 0.25) is 0 Å². The van der Waals surface area contributed by atoms with E-state index in [2.05, 4.69) is 10.0 Å². The van der Waals surface area contributed by atoms with Crippen molar-refractivity contribution in [3.05, 3.63) is 65.7 Å². The molecule has 1 aliphatic rings. The molecule has 2 aromatic carbocycles. The number of nitrogens with one attached hydrogen (secondary N) is 2. The van der Waals surface area contributed by atoms with Gasteiger partial charge in [0.2, 0.25) is 15.9 Å². The lowest BCUT2D eigenvalue weighted by molar-refractivity contribution is -0.137. The molecule has 0 aliphatic heterocycles. The predicted octanol–water partition coefficient (Wildman–Crippen LogP) is 3.78. The van der Waals surface area contributed by atoms with Crippen LogP contribution in [0.15, 0.2) is 59.5 Å². The smallest absolute Gasteiger partial charge is 0.391 e. The van der Waals surface area contributed by atoms with Crippen LogP contribution in [0.25, 0.3) is 0 Å². The molecule has 2 atom stereocenters. The van der Waals surface area contributed by atoms with Crippen LogP contribution in [0.5, 0.6) is 0 Å². The molecule has 1 aliphatic carbocycles. The molecule has 0 saturated heterocycles. The molecule has 0 aromatic heterocycles. The van der Waals surface area contributed by atoms with Crippen LogP contribution in [0.1, 0.15) is 49.8 Å². The third-order valence-corrected chi connectivity index (χ3v) is 7.39. The Labute approximate surface area is 191 Å². The van der Waals surface area contributed by atoms with Gasteiger partial charge in [-0.25, -0.2) is 13.1 Å². The number of aliphatic hydroxyl groups is 1. The third-order valence-electron chi connectivity index (χ3n) is 5.85. The number of amides is 1. The van der Waals surface area contributed by atoms with Crippen LogP contribution in [-0.2, 0) is 21.0 Å². The zero-order chi connectivity index (χ0) is 24.2. The van der Waals surface area contributed by atoms with E-state index in [4.69, 9.17) is 0 Å². The van der Waals surface area contributed by atoms with Crippen molar-refractivity contribution >= 4 is 15.9 Å². The maximum absolute atomic E-state index is 12.8. The minimum atomic E-state index is -4.54. The van der Waals surface area contributed by atoms with Gasteiger partial charge in [-0.05, 0) is 62.4 Å². The summed E-state index contributed by atoms with van der Waals surface area (Å²) in [5.41, 5.74) is -0.127. The SMILES string of the molecule is C[C@@H](O)[C@@H](NC(=O)C1CCC(NS(=O)(=O)c2ccc(C(F)(F)F)cc2)CC1)c1ccccc1. The fraction of sp³-hybridized carbons (Fsp3) is 0.435. The first kappa shape index (κ1) is 25.2. The van der Waals surface area contributed by atoms with Crippen molar-refractivity contribution in [3.63, 3.8) is 0 Å². The lowest BCUT2D eigenvalue weighted by Gasteiger charge is -2.30. The van der Waals surface area contributed by atoms with Crippen LogP contribution in [0.3, 0.4) is 0 Å². The van der Waals surface area contributed by atoms with E-state index in [9.17, 15) is 31.5 Å². The fourth-order valence-corrected chi connectivity index (χ4v) is 5.30. The van der Waals surface area contributed by atoms with E-state index in [1.165, 1.54) is 0 Å². The molecule has 0 heterocycles. The molecule has 3 N–H and O–H groups in total. The molecule has 180 valence electrons. The van der Waals surface area contributed by atoms with Gasteiger partial charge in [0, 0.05) is 12.0 Å². The quantitative estimate of drug-likeness (QED) is 0.557. The molecule has 3 rings (SSSR count). The third kappa shape index (κ3) is 6.55. The van der Waals surface area contributed by atoms with Gasteiger partial charge in [-0.15, -0.1) is 0 Å². The van der Waals surface area contributed by atoms with Gasteiger partial charge >= 0.3 is 6.18 Å². The number of alkyl halides is 3. The number of hydrogen-bond acceptors (Lipinski definition) is 4. The number of rotatable bonds is 7. The summed E-state index contributed by atoms with van der Waals surface area (Å²) in [6.45, 7) is 1.60. The van der Waals surface area contributed by atoms with Gasteiger partial charge < -0.3 is 10.4 Å². The summed E-state index contributed by atoms with van der Waals surface area (Å²) in [6.07, 6.45) is -3.59. The Bertz CT molecular complexity index is 1030. The average molecular weight is 485 g/mol. The molecule has 10 heteroatoms. The Kier molecular flexibility index (Phi) is 7.81. The normalized spacial score (nSPS) is 21.2. The topological polar surface area (TPSA) is 95.5 Å². The van der Waals surface area contributed by atoms with Crippen molar-refractivity contribution in [1.82, 2.24) is 10.0 Å². The molecular weight excluding hydrogens is 457 g/mol. The van der Waals surface area contributed by atoms with E-state index in [0.717, 1.165) is 29.8 Å². The standard InChI is InChI=1S/C23H27F3N2O4S/c1-15(29)21(16-5-3-2-4-6-16)27-22(30)17-7-11-19(12-8-17)28-33(31,32)20-13-9-18(10-14-20)23(24,25)26/h2-6,9-10,13-15,17,19,21,28-29H,7-8,11-12H2,1H3,(H,27,30)/t15-,17?,19?,21-/m1/s1. The molecule has 33 heavy (non-hydrogen) atoms. The minimum Gasteiger partial charge on any atom is -0.391 e. The predicted molar refractivity (Wildman–Crippen MR) is 117 cm³/mol. The highest BCUT2D eigenvalue weighted by molar-refractivity contribution is 7.89. The van der Waals surface area contributed by atoms with E-state index in [1.807, 2.05) is 30.3 Å². The Morgan fingerprint density at radius 3 is 2.09 bits per heavy atom. The van der Waals surface area contributed by atoms with Crippen LogP contribution in [-0.4, -0.2) is 31.6 Å². The highest BCUT2D eigenvalue weighted by atomic mass is 32.2. The fourth-order valence-electron chi connectivity index (χ4n) is 4.00. The van der Waals surface area contributed by atoms with Crippen LogP contribution >= 0.6 is 0 Å². The summed E-state index contributed by atoms with van der Waals surface area (Å²) < 4.78 is 65.7. The van der Waals surface area contributed by atoms with Gasteiger partial charge in [-0.1, -0.05) is 30.3 Å². The van der Waals surface area contributed by atoms with Crippen LogP contribution in [0, 0.1) is 5.92 Å². The highest BCUT2D eigenvalue weighted by Gasteiger charge is 2.33. The van der Waals surface area contributed by atoms with Crippen molar-refractivity contribution in [2.45, 2.75) is 61.9 Å². The molecule has 0 bridgehead atoms. The van der Waals surface area contributed by atoms with Crippen molar-refractivity contribution in [2.24, 2.45) is 5.92 Å². The van der Waals surface area contributed by atoms with E-state index >= 15 is 0 Å². The van der Waals surface area contributed by atoms with Crippen molar-refractivity contribution < 1.29 is 31.5 Å². The first-order chi connectivity index (χ1) is 15.5. The lowest BCUT2D eigenvalue weighted by atomic mass is 9.85. The number of sulfonamides is 1. The largest absolute Gasteiger partial charge is 0.416 e. The molecule has 0 unspecified atom stereocenters. The lowest BCUT2D eigenvalue weighted by Crippen LogP contribution is -2.43. The van der Waals surface area contributed by atoms with Gasteiger partial charge in [0.1, 0.15) is 0 Å². The first-order valence-corrected chi connectivity index (χ1v) is 12.2. The molecule has 2 aromatic rings. The van der Waals surface area contributed by atoms with E-state index < -0.39 is 40.0 Å². The molecule has 0 radical (unpaired) electrons. The van der Waals surface area contributed by atoms with Gasteiger partial charge in [-0.2, -0.15) is 13.2 Å². The van der Waals surface area contributed by atoms with Gasteiger partial charge in [-0.3, -0.25) is 4.79 Å². The zero-order valence-corrected chi connectivity index (χ0v) is 18.9. The summed E-state index contributed by atoms with van der Waals surface area (Å²) in [6, 6.07) is 11.5. The van der Waals surface area contributed by atoms with Crippen LogP contribution in [0.4, 0.5) is 13.2 Å². The molecule has 1 saturated carbocycles. The summed E-state index contributed by atoms with van der Waals surface area (Å²) in [4.78, 5) is 12.5. The first-order valence-electron chi connectivity index (χ1n) is 10.7. The number of aliphatic hydroxyl groups excluding tert-OH is 1. The number of carbonyl (C=O) groups excluding carboxylic acids is 1. The van der Waals surface area contributed by atoms with Crippen molar-refractivity contribution in [1.29, 1.82) is 0 Å². The minimum absolute atomic E-state index is 0.200. The monoisotopic (exact) mass is 484 g/mol. The zero-order valence-electron chi connectivity index (χ0n) is 18.0. The van der Waals surface area contributed by atoms with Gasteiger partial charge in [0.05, 0.1) is 22.6 Å². The number of carbonyl (C=O) groups is 1. The summed E-state index contributed by atoms with van der Waals surface area (Å²) >= 11 is 0. The molecular formula is C23H27F3N2O4S. The molecule has 1 fully saturated rings. The molecule has 0 spiro atoms. The second kappa shape index (κ2) is 10.2. The van der Waals surface area contributed by atoms with Gasteiger partial charge in [0.15, 0.2) is 0 Å². The number of halogens is 3. The number of hydrogen-bond donors (Lipinski definition) is 3. The maximum atomic E-state index is 12.8. The summed E-state index contributed by atoms with van der Waals surface area (Å²) in [5, 5.41) is 13.0. The number of benzene rings is 2. The van der Waals surface area contributed by atoms with Crippen molar-refractivity contribution in [3.8, 4) is 0 Å². The van der Waals surface area contributed by atoms with E-state index in [1.54, 1.807) is 6.92 Å². The molecule has 1 amide bonds. The average Bonchev–Trinajstić information content (AvgIpc) is 2.77. The van der Waals surface area contributed by atoms with E-state index in [-0.39, 0.29) is 16.7 Å². The Hall–Kier alpha value is -2.43. The molecule has 6 nitrogen and oxygen atoms in total. The van der Waals surface area contributed by atoms with E-state index in [0.29, 0.717) is 25.7 Å². The van der Waals surface area contributed by atoms with Crippen molar-refractivity contribution in [2.75, 3.05) is 0 Å². The Morgan fingerprint density at radius 2 is 1.58 bits per heavy atom. The Balaban J connectivity index is 1.56. The summed E-state index contributed by atoms with van der Waals surface area (Å²) in [7, 11) is -3.98.